The fraction of sp³-hybridized carbons (Fsp3) is 0.739. The number of guanidine groups is 1. The first kappa shape index (κ1) is 31.7. The molecule has 1 unspecified atom stereocenters. The van der Waals surface area contributed by atoms with Crippen LogP contribution in [0, 0.1) is 5.92 Å². The van der Waals surface area contributed by atoms with Crippen LogP contribution >= 0.6 is 0 Å². The van der Waals surface area contributed by atoms with Gasteiger partial charge in [0.2, 0.25) is 17.7 Å². The molecule has 0 radical (unpaired) electrons. The van der Waals surface area contributed by atoms with E-state index in [0.29, 0.717) is 0 Å². The molecule has 0 aliphatic carbocycles. The lowest BCUT2D eigenvalue weighted by atomic mass is 9.93. The van der Waals surface area contributed by atoms with Crippen LogP contribution in [0.2, 0.25) is 0 Å². The van der Waals surface area contributed by atoms with Crippen LogP contribution in [0.25, 0.3) is 0 Å². The molecule has 16 heteroatoms. The molecule has 16 nitrogen and oxygen atoms in total. The van der Waals surface area contributed by atoms with Crippen molar-refractivity contribution in [2.45, 2.75) is 95.4 Å². The Labute approximate surface area is 225 Å². The molecule has 2 heterocycles. The average molecular weight is 557 g/mol. The standard InChI is InChI=1S/C23H40N8O8/c1-9(2)16(21(37)38)29-19(35)11(4)27-20(36)17-13(26-10(3)18(34)30-17)5-6-14(32)15(33)7-12-8-31(23(25)39)22(24)28-12/h9-17,26,32-33H,5-8H2,1-4H3,(H2,24,28)(H2,25,39)(H,27,36)(H,29,35)(H,30,34)(H,37,38)/t10?,11-,12+,13-,14+,15-,16-,17-/m0/s1. The number of carbonyl (C=O) groups excluding carboxylic acids is 4. The van der Waals surface area contributed by atoms with E-state index in [9.17, 15) is 39.3 Å². The van der Waals surface area contributed by atoms with Crippen molar-refractivity contribution in [3.63, 3.8) is 0 Å². The Bertz CT molecular complexity index is 976. The molecule has 0 spiro atoms. The maximum absolute atomic E-state index is 13.0. The van der Waals surface area contributed by atoms with Crippen LogP contribution in [0.3, 0.4) is 0 Å². The summed E-state index contributed by atoms with van der Waals surface area (Å²) in [5, 5.41) is 40.8. The molecular weight excluding hydrogens is 516 g/mol. The summed E-state index contributed by atoms with van der Waals surface area (Å²) >= 11 is 0. The summed E-state index contributed by atoms with van der Waals surface area (Å²) in [5.74, 6) is -3.47. The number of aliphatic imine (C=N–C) groups is 1. The lowest BCUT2D eigenvalue weighted by Crippen LogP contribution is -2.68. The Hall–Kier alpha value is -3.50. The van der Waals surface area contributed by atoms with Crippen molar-refractivity contribution in [1.82, 2.24) is 26.2 Å². The molecule has 8 atom stereocenters. The number of carboxylic acids is 1. The monoisotopic (exact) mass is 556 g/mol. The lowest BCUT2D eigenvalue weighted by Gasteiger charge is -2.36. The number of hydrogen-bond donors (Lipinski definition) is 9. The van der Waals surface area contributed by atoms with Crippen LogP contribution in [0.4, 0.5) is 4.79 Å². The Morgan fingerprint density at radius 3 is 2.33 bits per heavy atom. The highest BCUT2D eigenvalue weighted by atomic mass is 16.4. The highest BCUT2D eigenvalue weighted by Gasteiger charge is 2.39. The molecule has 1 fully saturated rings. The minimum absolute atomic E-state index is 0.0150. The summed E-state index contributed by atoms with van der Waals surface area (Å²) in [6.45, 7) is 6.34. The molecule has 5 amide bonds. The Balaban J connectivity index is 1.97. The molecule has 0 aromatic rings. The topological polar surface area (TPSA) is 262 Å². The number of urea groups is 1. The Kier molecular flexibility index (Phi) is 11.0. The molecule has 220 valence electrons. The molecule has 0 aromatic heterocycles. The van der Waals surface area contributed by atoms with Crippen molar-refractivity contribution in [2.75, 3.05) is 6.54 Å². The molecule has 0 aromatic carbocycles. The van der Waals surface area contributed by atoms with Crippen molar-refractivity contribution in [1.29, 1.82) is 0 Å². The third kappa shape index (κ3) is 8.49. The zero-order valence-electron chi connectivity index (χ0n) is 22.5. The maximum atomic E-state index is 13.0. The minimum atomic E-state index is -1.21. The number of piperazine rings is 1. The van der Waals surface area contributed by atoms with Gasteiger partial charge in [-0.1, -0.05) is 13.8 Å². The van der Waals surface area contributed by atoms with Crippen LogP contribution in [-0.4, -0.2) is 111 Å². The van der Waals surface area contributed by atoms with Gasteiger partial charge in [0, 0.05) is 12.5 Å². The number of amides is 5. The van der Waals surface area contributed by atoms with Crippen LogP contribution in [0.5, 0.6) is 0 Å². The second-order valence-corrected chi connectivity index (χ2v) is 10.3. The van der Waals surface area contributed by atoms with Crippen LogP contribution in [-0.2, 0) is 19.2 Å². The highest BCUT2D eigenvalue weighted by Crippen LogP contribution is 2.18. The van der Waals surface area contributed by atoms with E-state index in [1.54, 1.807) is 20.8 Å². The Morgan fingerprint density at radius 2 is 1.79 bits per heavy atom. The van der Waals surface area contributed by atoms with E-state index in [0.717, 1.165) is 4.90 Å². The van der Waals surface area contributed by atoms with Gasteiger partial charge in [0.25, 0.3) is 0 Å². The minimum Gasteiger partial charge on any atom is -0.480 e. The number of carbonyl (C=O) groups is 5. The third-order valence-corrected chi connectivity index (χ3v) is 6.80. The number of hydrogen-bond acceptors (Lipinski definition) is 10. The van der Waals surface area contributed by atoms with Gasteiger partial charge in [-0.15, -0.1) is 0 Å². The van der Waals surface area contributed by atoms with Crippen molar-refractivity contribution < 1.29 is 39.3 Å². The van der Waals surface area contributed by atoms with E-state index in [1.165, 1.54) is 6.92 Å². The molecule has 39 heavy (non-hydrogen) atoms. The van der Waals surface area contributed by atoms with Crippen molar-refractivity contribution in [3.05, 3.63) is 0 Å². The second-order valence-electron chi connectivity index (χ2n) is 10.3. The first-order valence-electron chi connectivity index (χ1n) is 12.8. The fourth-order valence-corrected chi connectivity index (χ4v) is 4.44. The second kappa shape index (κ2) is 13.5. The van der Waals surface area contributed by atoms with E-state index < -0.39 is 78.2 Å². The molecule has 0 bridgehead atoms. The summed E-state index contributed by atoms with van der Waals surface area (Å²) < 4.78 is 0. The SMILES string of the molecule is CC1N[C@@H](CC[C@@H](O)[C@@H](O)C[C@@H]2CN(C(N)=O)C(N)=N2)[C@@H](C(=O)N[C@@H](C)C(=O)N[C@H](C(=O)O)C(C)C)NC1=O. The number of aliphatic hydroxyl groups is 2. The summed E-state index contributed by atoms with van der Waals surface area (Å²) in [6, 6.07) is -5.94. The largest absolute Gasteiger partial charge is 0.480 e. The summed E-state index contributed by atoms with van der Waals surface area (Å²) in [4.78, 5) is 65.6. The quantitative estimate of drug-likeness (QED) is 0.115. The molecule has 1 saturated heterocycles. The van der Waals surface area contributed by atoms with Gasteiger partial charge in [-0.3, -0.25) is 19.3 Å². The normalized spacial score (nSPS) is 26.2. The van der Waals surface area contributed by atoms with Gasteiger partial charge in [-0.05, 0) is 32.6 Å². The van der Waals surface area contributed by atoms with Crippen LogP contribution in [0.15, 0.2) is 4.99 Å². The first-order chi connectivity index (χ1) is 18.1. The highest BCUT2D eigenvalue weighted by molar-refractivity contribution is 5.96. The number of nitrogens with zero attached hydrogens (tertiary/aromatic N) is 2. The van der Waals surface area contributed by atoms with Crippen molar-refractivity contribution >= 4 is 35.7 Å². The predicted octanol–water partition coefficient (Wildman–Crippen LogP) is -3.47. The molecular formula is C23H40N8O8. The number of nitrogens with one attached hydrogen (secondary N) is 4. The summed E-state index contributed by atoms with van der Waals surface area (Å²) in [6.07, 6.45) is -2.20. The zero-order valence-corrected chi connectivity index (χ0v) is 22.5. The summed E-state index contributed by atoms with van der Waals surface area (Å²) in [7, 11) is 0. The summed E-state index contributed by atoms with van der Waals surface area (Å²) in [5.41, 5.74) is 10.9. The van der Waals surface area contributed by atoms with Gasteiger partial charge in [-0.2, -0.15) is 0 Å². The Morgan fingerprint density at radius 1 is 1.15 bits per heavy atom. The van der Waals surface area contributed by atoms with Gasteiger partial charge >= 0.3 is 12.0 Å². The molecule has 2 aliphatic heterocycles. The van der Waals surface area contributed by atoms with Crippen molar-refractivity contribution in [2.24, 2.45) is 22.4 Å². The van der Waals surface area contributed by atoms with Gasteiger partial charge in [-0.25, -0.2) is 14.6 Å². The number of aliphatic carboxylic acids is 1. The lowest BCUT2D eigenvalue weighted by molar-refractivity contribution is -0.143. The van der Waals surface area contributed by atoms with Gasteiger partial charge in [0.1, 0.15) is 18.1 Å². The van der Waals surface area contributed by atoms with E-state index in [4.69, 9.17) is 11.5 Å². The van der Waals surface area contributed by atoms with Crippen molar-refractivity contribution in [3.8, 4) is 0 Å². The first-order valence-corrected chi connectivity index (χ1v) is 12.8. The van der Waals surface area contributed by atoms with Crippen LogP contribution < -0.4 is 32.7 Å². The number of rotatable bonds is 12. The smallest absolute Gasteiger partial charge is 0.326 e. The van der Waals surface area contributed by atoms with Gasteiger partial charge in [0.15, 0.2) is 5.96 Å². The number of carboxylic acid groups (broad SMARTS) is 1. The van der Waals surface area contributed by atoms with E-state index in [1.807, 2.05) is 0 Å². The van der Waals surface area contributed by atoms with E-state index >= 15 is 0 Å². The molecule has 11 N–H and O–H groups in total. The number of nitrogens with two attached hydrogens (primary N) is 2. The fourth-order valence-electron chi connectivity index (χ4n) is 4.44. The number of aliphatic hydroxyl groups excluding tert-OH is 2. The molecule has 2 aliphatic rings. The van der Waals surface area contributed by atoms with Crippen LogP contribution in [0.1, 0.15) is 47.0 Å². The maximum Gasteiger partial charge on any atom is 0.326 e. The van der Waals surface area contributed by atoms with E-state index in [-0.39, 0.29) is 37.7 Å². The average Bonchev–Trinajstić information content (AvgIpc) is 3.21. The van der Waals surface area contributed by atoms with Gasteiger partial charge in [0.05, 0.1) is 30.8 Å². The number of primary amides is 1. The zero-order chi connectivity index (χ0) is 29.6. The van der Waals surface area contributed by atoms with E-state index in [2.05, 4.69) is 26.3 Å². The molecule has 0 saturated carbocycles. The predicted molar refractivity (Wildman–Crippen MR) is 138 cm³/mol. The molecule has 2 rings (SSSR count). The third-order valence-electron chi connectivity index (χ3n) is 6.80. The van der Waals surface area contributed by atoms with Gasteiger partial charge < -0.3 is 48.1 Å².